The second-order valence-electron chi connectivity index (χ2n) is 7.07. The Balaban J connectivity index is 1.81. The fourth-order valence-corrected chi connectivity index (χ4v) is 3.43. The molecule has 1 aromatic carbocycles. The van der Waals surface area contributed by atoms with Crippen molar-refractivity contribution in [3.05, 3.63) is 46.2 Å². The van der Waals surface area contributed by atoms with E-state index in [1.165, 1.54) is 0 Å². The number of hydrogen-bond acceptors (Lipinski definition) is 2. The van der Waals surface area contributed by atoms with Crippen LogP contribution in [0.2, 0.25) is 5.02 Å². The molecule has 1 atom stereocenters. The Kier molecular flexibility index (Phi) is 4.68. The van der Waals surface area contributed by atoms with E-state index in [1.54, 1.807) is 0 Å². The summed E-state index contributed by atoms with van der Waals surface area (Å²) < 4.78 is 1.83. The molecule has 1 aliphatic rings. The molecule has 2 heterocycles. The number of anilines is 1. The summed E-state index contributed by atoms with van der Waals surface area (Å²) in [6.45, 7) is 9.01. The minimum Gasteiger partial charge on any atom is -0.310 e. The summed E-state index contributed by atoms with van der Waals surface area (Å²) >= 11 is 6.24. The molecular formula is C19H24ClN3O. The van der Waals surface area contributed by atoms with Gasteiger partial charge < -0.3 is 4.90 Å². The molecule has 3 rings (SSSR count). The molecule has 0 saturated carbocycles. The number of carbonyl (C=O) groups is 1. The Morgan fingerprint density at radius 2 is 1.96 bits per heavy atom. The van der Waals surface area contributed by atoms with Gasteiger partial charge in [-0.15, -0.1) is 0 Å². The third-order valence-corrected chi connectivity index (χ3v) is 5.11. The van der Waals surface area contributed by atoms with Gasteiger partial charge in [0, 0.05) is 23.5 Å². The van der Waals surface area contributed by atoms with Crippen LogP contribution in [0.5, 0.6) is 0 Å². The predicted octanol–water partition coefficient (Wildman–Crippen LogP) is 4.33. The minimum absolute atomic E-state index is 0.107. The molecule has 0 bridgehead atoms. The van der Waals surface area contributed by atoms with Gasteiger partial charge in [-0.25, -0.2) is 0 Å². The highest BCUT2D eigenvalue weighted by Crippen LogP contribution is 2.32. The molecule has 4 nitrogen and oxygen atoms in total. The lowest BCUT2D eigenvalue weighted by Crippen LogP contribution is -2.28. The average Bonchev–Trinajstić information content (AvgIpc) is 3.10. The summed E-state index contributed by atoms with van der Waals surface area (Å²) in [7, 11) is 0. The highest BCUT2D eigenvalue weighted by molar-refractivity contribution is 6.32. The van der Waals surface area contributed by atoms with Gasteiger partial charge in [-0.05, 0) is 61.9 Å². The van der Waals surface area contributed by atoms with Crippen molar-refractivity contribution in [2.75, 3.05) is 11.4 Å². The summed E-state index contributed by atoms with van der Waals surface area (Å²) in [6.07, 6.45) is 3.65. The minimum atomic E-state index is -0.206. The average molecular weight is 346 g/mol. The van der Waals surface area contributed by atoms with Gasteiger partial charge in [0.25, 0.3) is 5.91 Å². The van der Waals surface area contributed by atoms with Gasteiger partial charge in [0.1, 0.15) is 6.04 Å². The topological polar surface area (TPSA) is 38.1 Å². The van der Waals surface area contributed by atoms with Gasteiger partial charge in [-0.2, -0.15) is 5.10 Å². The highest BCUT2D eigenvalue weighted by atomic mass is 35.5. The maximum atomic E-state index is 12.9. The number of hydrogen-bond donors (Lipinski definition) is 0. The van der Waals surface area contributed by atoms with E-state index in [2.05, 4.69) is 18.9 Å². The van der Waals surface area contributed by atoms with Crippen molar-refractivity contribution in [3.8, 4) is 0 Å². The fourth-order valence-electron chi connectivity index (χ4n) is 3.32. The van der Waals surface area contributed by atoms with Crippen molar-refractivity contribution >= 4 is 23.2 Å². The van der Waals surface area contributed by atoms with Crippen LogP contribution in [0, 0.1) is 19.8 Å². The van der Waals surface area contributed by atoms with Gasteiger partial charge in [0.15, 0.2) is 0 Å². The summed E-state index contributed by atoms with van der Waals surface area (Å²) in [4.78, 5) is 14.7. The molecule has 1 fully saturated rings. The molecule has 2 aromatic rings. The zero-order valence-electron chi connectivity index (χ0n) is 14.7. The van der Waals surface area contributed by atoms with Crippen LogP contribution in [-0.4, -0.2) is 22.2 Å². The van der Waals surface area contributed by atoms with Crippen molar-refractivity contribution in [2.24, 2.45) is 5.92 Å². The number of amides is 1. The molecular weight excluding hydrogens is 322 g/mol. The summed E-state index contributed by atoms with van der Waals surface area (Å²) in [5.74, 6) is 0.666. The summed E-state index contributed by atoms with van der Waals surface area (Å²) in [5, 5.41) is 5.38. The van der Waals surface area contributed by atoms with E-state index in [4.69, 9.17) is 11.6 Å². The van der Waals surface area contributed by atoms with Crippen molar-refractivity contribution in [3.63, 3.8) is 0 Å². The first-order chi connectivity index (χ1) is 11.4. The second kappa shape index (κ2) is 6.60. The summed E-state index contributed by atoms with van der Waals surface area (Å²) in [6, 6.07) is 5.79. The molecule has 5 heteroatoms. The molecule has 24 heavy (non-hydrogen) atoms. The van der Waals surface area contributed by atoms with Crippen LogP contribution in [0.4, 0.5) is 5.69 Å². The third-order valence-electron chi connectivity index (χ3n) is 4.51. The molecule has 0 N–H and O–H groups in total. The number of aromatic nitrogens is 2. The quantitative estimate of drug-likeness (QED) is 0.827. The number of nitrogens with zero attached hydrogens (tertiary/aromatic N) is 3. The van der Waals surface area contributed by atoms with Crippen LogP contribution < -0.4 is 4.90 Å². The van der Waals surface area contributed by atoms with Crippen LogP contribution in [0.1, 0.15) is 43.1 Å². The molecule has 0 aliphatic carbocycles. The van der Waals surface area contributed by atoms with Crippen LogP contribution in [0.15, 0.2) is 24.4 Å². The first-order valence-electron chi connectivity index (χ1n) is 8.49. The molecule has 1 amide bonds. The SMILES string of the molecule is Cc1cc(N2CCC(n3ccc(CC(C)C)n3)C2=O)cc(C)c1Cl. The van der Waals surface area contributed by atoms with Crippen molar-refractivity contribution in [1.29, 1.82) is 0 Å². The Morgan fingerprint density at radius 1 is 1.29 bits per heavy atom. The molecule has 1 unspecified atom stereocenters. The van der Waals surface area contributed by atoms with Gasteiger partial charge in [-0.3, -0.25) is 9.48 Å². The van der Waals surface area contributed by atoms with Crippen LogP contribution >= 0.6 is 11.6 Å². The maximum absolute atomic E-state index is 12.9. The lowest BCUT2D eigenvalue weighted by Gasteiger charge is -2.19. The smallest absolute Gasteiger partial charge is 0.251 e. The Bertz CT molecular complexity index is 743. The fraction of sp³-hybridized carbons (Fsp3) is 0.474. The Labute approximate surface area is 148 Å². The molecule has 0 spiro atoms. The molecule has 128 valence electrons. The monoisotopic (exact) mass is 345 g/mol. The zero-order chi connectivity index (χ0) is 17.4. The standard InChI is InChI=1S/C19H24ClN3O/c1-12(2)9-15-5-8-23(21-15)17-6-7-22(19(17)24)16-10-13(3)18(20)14(4)11-16/h5,8,10-12,17H,6-7,9H2,1-4H3. The lowest BCUT2D eigenvalue weighted by atomic mass is 10.1. The van der Waals surface area contributed by atoms with Crippen LogP contribution in [0.25, 0.3) is 0 Å². The predicted molar refractivity (Wildman–Crippen MR) is 97.7 cm³/mol. The first-order valence-corrected chi connectivity index (χ1v) is 8.86. The van der Waals surface area contributed by atoms with E-state index in [9.17, 15) is 4.79 Å². The molecule has 1 aromatic heterocycles. The van der Waals surface area contributed by atoms with E-state index in [1.807, 2.05) is 47.8 Å². The molecule has 0 radical (unpaired) electrons. The first kappa shape index (κ1) is 17.0. The number of halogens is 1. The Hall–Kier alpha value is -1.81. The normalized spacial score (nSPS) is 18.0. The van der Waals surface area contributed by atoms with Crippen molar-refractivity contribution in [2.45, 2.75) is 46.6 Å². The van der Waals surface area contributed by atoms with E-state index < -0.39 is 0 Å². The van der Waals surface area contributed by atoms with Gasteiger partial charge in [0.2, 0.25) is 0 Å². The lowest BCUT2D eigenvalue weighted by molar-refractivity contribution is -0.120. The largest absolute Gasteiger partial charge is 0.310 e. The Morgan fingerprint density at radius 3 is 2.58 bits per heavy atom. The van der Waals surface area contributed by atoms with Gasteiger partial charge in [-0.1, -0.05) is 25.4 Å². The number of benzene rings is 1. The second-order valence-corrected chi connectivity index (χ2v) is 7.45. The number of carbonyl (C=O) groups excluding carboxylic acids is 1. The maximum Gasteiger partial charge on any atom is 0.251 e. The molecule has 1 aliphatic heterocycles. The third kappa shape index (κ3) is 3.20. The molecule has 1 saturated heterocycles. The van der Waals surface area contributed by atoms with E-state index >= 15 is 0 Å². The zero-order valence-corrected chi connectivity index (χ0v) is 15.5. The van der Waals surface area contributed by atoms with Gasteiger partial charge in [0.05, 0.1) is 5.69 Å². The number of aryl methyl sites for hydroxylation is 2. The van der Waals surface area contributed by atoms with E-state index in [0.717, 1.165) is 40.4 Å². The van der Waals surface area contributed by atoms with Crippen LogP contribution in [-0.2, 0) is 11.2 Å². The van der Waals surface area contributed by atoms with E-state index in [0.29, 0.717) is 12.5 Å². The van der Waals surface area contributed by atoms with Crippen molar-refractivity contribution < 1.29 is 4.79 Å². The number of rotatable bonds is 4. The highest BCUT2D eigenvalue weighted by Gasteiger charge is 2.34. The van der Waals surface area contributed by atoms with E-state index in [-0.39, 0.29) is 11.9 Å². The van der Waals surface area contributed by atoms with Crippen LogP contribution in [0.3, 0.4) is 0 Å². The van der Waals surface area contributed by atoms with Gasteiger partial charge >= 0.3 is 0 Å². The van der Waals surface area contributed by atoms with Crippen molar-refractivity contribution in [1.82, 2.24) is 9.78 Å². The summed E-state index contributed by atoms with van der Waals surface area (Å²) in [5.41, 5.74) is 3.98.